The van der Waals surface area contributed by atoms with Crippen LogP contribution in [0.3, 0.4) is 0 Å². The predicted octanol–water partition coefficient (Wildman–Crippen LogP) is 2.21. The van der Waals surface area contributed by atoms with Gasteiger partial charge in [0.15, 0.2) is 5.75 Å². The van der Waals surface area contributed by atoms with Gasteiger partial charge in [0.2, 0.25) is 5.78 Å². The van der Waals surface area contributed by atoms with Crippen molar-refractivity contribution in [3.63, 3.8) is 0 Å². The lowest BCUT2D eigenvalue weighted by Gasteiger charge is -2.03. The summed E-state index contributed by atoms with van der Waals surface area (Å²) in [6.45, 7) is 1.36. The van der Waals surface area contributed by atoms with Gasteiger partial charge < -0.3 is 4.74 Å². The van der Waals surface area contributed by atoms with Crippen molar-refractivity contribution in [2.45, 2.75) is 19.8 Å². The summed E-state index contributed by atoms with van der Waals surface area (Å²) in [5, 5.41) is 0. The zero-order valence-corrected chi connectivity index (χ0v) is 11.3. The molecule has 0 amide bonds. The normalized spacial score (nSPS) is 15.6. The lowest BCUT2D eigenvalue weighted by atomic mass is 10.1. The Hall–Kier alpha value is -1.29. The first-order valence-corrected chi connectivity index (χ1v) is 7.84. The van der Waals surface area contributed by atoms with Crippen LogP contribution in [-0.2, 0) is 15.7 Å². The van der Waals surface area contributed by atoms with Crippen molar-refractivity contribution < 1.29 is 14.3 Å². The first-order chi connectivity index (χ1) is 8.65. The second-order valence-electron chi connectivity index (χ2n) is 4.41. The van der Waals surface area contributed by atoms with Gasteiger partial charge in [0.25, 0.3) is 0 Å². The van der Waals surface area contributed by atoms with E-state index in [1.807, 2.05) is 0 Å². The summed E-state index contributed by atoms with van der Waals surface area (Å²) >= 11 is 0. The Morgan fingerprint density at radius 1 is 1.17 bits per heavy atom. The Balaban J connectivity index is 1.95. The molecule has 1 aliphatic rings. The van der Waals surface area contributed by atoms with E-state index >= 15 is 0 Å². The third kappa shape index (κ3) is 3.60. The van der Waals surface area contributed by atoms with Gasteiger partial charge in [0, 0.05) is 12.5 Å². The summed E-state index contributed by atoms with van der Waals surface area (Å²) in [4.78, 5) is 22.8. The second-order valence-corrected chi connectivity index (χ2v) is 6.74. The number of Topliss-reactive ketones (excluding diaryl/α,β-unsaturated/α-hetero) is 1. The van der Waals surface area contributed by atoms with Crippen molar-refractivity contribution in [2.75, 3.05) is 17.3 Å². The Kier molecular flexibility index (Phi) is 4.42. The van der Waals surface area contributed by atoms with Gasteiger partial charge in [-0.25, -0.2) is 0 Å². The number of carbonyl (C=O) groups is 2. The van der Waals surface area contributed by atoms with Crippen LogP contribution < -0.4 is 4.74 Å². The molecule has 0 aliphatic carbocycles. The minimum atomic E-state index is -0.346. The van der Waals surface area contributed by atoms with Crippen molar-refractivity contribution in [1.82, 2.24) is 0 Å². The smallest absolute Gasteiger partial charge is 0.308 e. The molecule has 0 aromatic heterocycles. The van der Waals surface area contributed by atoms with Gasteiger partial charge in [-0.2, -0.15) is 0 Å². The number of ether oxygens (including phenoxy) is 1. The van der Waals surface area contributed by atoms with E-state index in [4.69, 9.17) is 4.74 Å². The largest absolute Gasteiger partial charge is 0.427 e. The number of ketones is 1. The molecule has 0 spiro atoms. The van der Waals surface area contributed by atoms with E-state index in [-0.39, 0.29) is 11.8 Å². The fourth-order valence-corrected chi connectivity index (χ4v) is 4.26. The van der Waals surface area contributed by atoms with Crippen LogP contribution in [0.15, 0.2) is 24.3 Å². The SMILES string of the molecule is CC(=O)Oc1ccc(C(=O)C[S+]2CCCC2)cc1. The van der Waals surface area contributed by atoms with Gasteiger partial charge in [-0.05, 0) is 48.0 Å². The second kappa shape index (κ2) is 6.05. The lowest BCUT2D eigenvalue weighted by molar-refractivity contribution is -0.131. The number of esters is 1. The quantitative estimate of drug-likeness (QED) is 0.363. The maximum absolute atomic E-state index is 12.0. The first kappa shape index (κ1) is 13.1. The van der Waals surface area contributed by atoms with Gasteiger partial charge in [-0.3, -0.25) is 9.59 Å². The van der Waals surface area contributed by atoms with Crippen LogP contribution in [0.4, 0.5) is 0 Å². The third-order valence-electron chi connectivity index (χ3n) is 2.89. The third-order valence-corrected chi connectivity index (χ3v) is 5.29. The topological polar surface area (TPSA) is 43.4 Å². The molecule has 4 heteroatoms. The van der Waals surface area contributed by atoms with E-state index in [1.165, 1.54) is 31.3 Å². The summed E-state index contributed by atoms with van der Waals surface area (Å²) < 4.78 is 4.93. The maximum atomic E-state index is 12.0. The fourth-order valence-electron chi connectivity index (χ4n) is 2.00. The summed E-state index contributed by atoms with van der Waals surface area (Å²) in [7, 11) is 0.293. The molecule has 1 saturated heterocycles. The number of hydrogen-bond acceptors (Lipinski definition) is 3. The van der Waals surface area contributed by atoms with Gasteiger partial charge in [0.1, 0.15) is 17.3 Å². The van der Waals surface area contributed by atoms with Crippen LogP contribution in [0.2, 0.25) is 0 Å². The molecule has 0 atom stereocenters. The van der Waals surface area contributed by atoms with Crippen LogP contribution in [0.25, 0.3) is 0 Å². The lowest BCUT2D eigenvalue weighted by Crippen LogP contribution is -2.17. The summed E-state index contributed by atoms with van der Waals surface area (Å²) in [5.74, 6) is 3.43. The highest BCUT2D eigenvalue weighted by Gasteiger charge is 2.27. The number of rotatable bonds is 4. The van der Waals surface area contributed by atoms with Crippen molar-refractivity contribution in [3.8, 4) is 5.75 Å². The molecule has 3 nitrogen and oxygen atoms in total. The Labute approximate surface area is 110 Å². The molecule has 1 heterocycles. The monoisotopic (exact) mass is 265 g/mol. The molecule has 1 aliphatic heterocycles. The van der Waals surface area contributed by atoms with E-state index in [0.717, 1.165) is 0 Å². The van der Waals surface area contributed by atoms with E-state index in [2.05, 4.69) is 0 Å². The molecule has 0 bridgehead atoms. The van der Waals surface area contributed by atoms with E-state index in [0.29, 0.717) is 28.0 Å². The molecule has 96 valence electrons. The molecule has 0 radical (unpaired) electrons. The molecule has 1 aromatic rings. The Morgan fingerprint density at radius 2 is 1.78 bits per heavy atom. The molecule has 1 aromatic carbocycles. The van der Waals surface area contributed by atoms with Crippen LogP contribution >= 0.6 is 0 Å². The van der Waals surface area contributed by atoms with Crippen molar-refractivity contribution in [1.29, 1.82) is 0 Å². The van der Waals surface area contributed by atoms with Gasteiger partial charge in [-0.1, -0.05) is 0 Å². The highest BCUT2D eigenvalue weighted by molar-refractivity contribution is 7.97. The van der Waals surface area contributed by atoms with Crippen LogP contribution in [-0.4, -0.2) is 29.0 Å². The molecule has 18 heavy (non-hydrogen) atoms. The number of benzene rings is 1. The maximum Gasteiger partial charge on any atom is 0.308 e. The Morgan fingerprint density at radius 3 is 2.33 bits per heavy atom. The molecular weight excluding hydrogens is 248 g/mol. The van der Waals surface area contributed by atoms with Crippen LogP contribution in [0.1, 0.15) is 30.1 Å². The van der Waals surface area contributed by atoms with Gasteiger partial charge in [-0.15, -0.1) is 0 Å². The zero-order chi connectivity index (χ0) is 13.0. The molecule has 0 saturated carbocycles. The average Bonchev–Trinajstić information content (AvgIpc) is 2.82. The van der Waals surface area contributed by atoms with Crippen molar-refractivity contribution in [3.05, 3.63) is 29.8 Å². The standard InChI is InChI=1S/C14H17O3S/c1-11(15)17-13-6-4-12(5-7-13)14(16)10-18-8-2-3-9-18/h4-7H,2-3,8-10H2,1H3/q+1. The van der Waals surface area contributed by atoms with Crippen LogP contribution in [0.5, 0.6) is 5.75 Å². The van der Waals surface area contributed by atoms with Crippen molar-refractivity contribution in [2.24, 2.45) is 0 Å². The minimum absolute atomic E-state index is 0.203. The van der Waals surface area contributed by atoms with E-state index < -0.39 is 0 Å². The van der Waals surface area contributed by atoms with Gasteiger partial charge >= 0.3 is 5.97 Å². The molecular formula is C14H17O3S+. The molecule has 2 rings (SSSR count). The van der Waals surface area contributed by atoms with E-state index in [9.17, 15) is 9.59 Å². The number of hydrogen-bond donors (Lipinski definition) is 0. The van der Waals surface area contributed by atoms with E-state index in [1.54, 1.807) is 24.3 Å². The highest BCUT2D eigenvalue weighted by atomic mass is 32.2. The molecule has 0 N–H and O–H groups in total. The molecule has 0 unspecified atom stereocenters. The summed E-state index contributed by atoms with van der Waals surface area (Å²) in [5.41, 5.74) is 0.713. The Bertz CT molecular complexity index is 433. The first-order valence-electron chi connectivity index (χ1n) is 6.11. The fraction of sp³-hybridized carbons (Fsp3) is 0.429. The number of carbonyl (C=O) groups excluding carboxylic acids is 2. The van der Waals surface area contributed by atoms with Crippen LogP contribution in [0, 0.1) is 0 Å². The summed E-state index contributed by atoms with van der Waals surface area (Å²) in [6, 6.07) is 6.82. The predicted molar refractivity (Wildman–Crippen MR) is 73.3 cm³/mol. The van der Waals surface area contributed by atoms with Crippen molar-refractivity contribution >= 4 is 22.6 Å². The average molecular weight is 265 g/mol. The zero-order valence-electron chi connectivity index (χ0n) is 10.5. The molecule has 1 fully saturated rings. The van der Waals surface area contributed by atoms with Gasteiger partial charge in [0.05, 0.1) is 0 Å². The minimum Gasteiger partial charge on any atom is -0.427 e. The summed E-state index contributed by atoms with van der Waals surface area (Å²) in [6.07, 6.45) is 2.53. The highest BCUT2D eigenvalue weighted by Crippen LogP contribution is 2.17.